The average Bonchev–Trinajstić information content (AvgIpc) is 2.04. The third kappa shape index (κ3) is 1.52. The molecule has 0 aliphatic carbocycles. The van der Waals surface area contributed by atoms with Crippen molar-refractivity contribution in [1.82, 2.24) is 4.98 Å². The summed E-state index contributed by atoms with van der Waals surface area (Å²) < 4.78 is 0. The molecule has 0 saturated heterocycles. The summed E-state index contributed by atoms with van der Waals surface area (Å²) in [5.74, 6) is -1.18. The van der Waals surface area contributed by atoms with E-state index in [1.165, 1.54) is 0 Å². The number of aromatic nitrogens is 1. The van der Waals surface area contributed by atoms with Crippen LogP contribution in [0.15, 0.2) is 12.3 Å². The van der Waals surface area contributed by atoms with Gasteiger partial charge in [-0.15, -0.1) is 0 Å². The number of hydrogen-bond acceptors (Lipinski definition) is 3. The van der Waals surface area contributed by atoms with Gasteiger partial charge < -0.3 is 5.11 Å². The molecule has 1 rings (SSSR count). The molecule has 0 radical (unpaired) electrons. The molecule has 0 unspecified atom stereocenters. The van der Waals surface area contributed by atoms with Crippen LogP contribution in [0.4, 0.5) is 0 Å². The largest absolute Gasteiger partial charge is 0.478 e. The average molecular weight is 183 g/mol. The van der Waals surface area contributed by atoms with Crippen molar-refractivity contribution in [2.24, 2.45) is 0 Å². The minimum atomic E-state index is -1.18. The molecule has 0 aliphatic heterocycles. The van der Waals surface area contributed by atoms with Crippen molar-refractivity contribution in [3.63, 3.8) is 0 Å². The molecule has 0 bridgehead atoms. The smallest absolute Gasteiger partial charge is 0.337 e. The number of halogens is 1. The lowest BCUT2D eigenvalue weighted by Gasteiger charge is -1.96. The molecule has 0 aliphatic rings. The maximum atomic E-state index is 10.5. The first kappa shape index (κ1) is 8.50. The minimum Gasteiger partial charge on any atom is -0.478 e. The van der Waals surface area contributed by atoms with Gasteiger partial charge in [-0.25, -0.2) is 9.78 Å². The van der Waals surface area contributed by atoms with Gasteiger partial charge in [-0.3, -0.25) is 0 Å². The monoisotopic (exact) mass is 182 g/mol. The summed E-state index contributed by atoms with van der Waals surface area (Å²) in [7, 11) is 0. The normalized spacial score (nSPS) is 9.00. The fourth-order valence-electron chi connectivity index (χ4n) is 0.696. The van der Waals surface area contributed by atoms with Crippen molar-refractivity contribution in [2.45, 2.75) is 0 Å². The maximum Gasteiger partial charge on any atom is 0.337 e. The Balaban J connectivity index is 3.34. The summed E-state index contributed by atoms with van der Waals surface area (Å²) >= 11 is 5.43. The molecule has 5 heteroatoms. The Bertz CT molecular complexity index is 370. The lowest BCUT2D eigenvalue weighted by molar-refractivity contribution is 0.0696. The van der Waals surface area contributed by atoms with E-state index in [9.17, 15) is 4.79 Å². The van der Waals surface area contributed by atoms with E-state index in [4.69, 9.17) is 22.0 Å². The van der Waals surface area contributed by atoms with E-state index in [2.05, 4.69) is 4.98 Å². The van der Waals surface area contributed by atoms with Crippen LogP contribution < -0.4 is 0 Å². The Morgan fingerprint density at radius 3 is 2.92 bits per heavy atom. The van der Waals surface area contributed by atoms with E-state index in [1.807, 2.05) is 0 Å². The number of nitrogens with zero attached hydrogens (tertiary/aromatic N) is 2. The first-order valence-corrected chi connectivity index (χ1v) is 3.32. The van der Waals surface area contributed by atoms with Crippen LogP contribution in [0, 0.1) is 11.3 Å². The number of hydrogen-bond donors (Lipinski definition) is 1. The molecule has 1 aromatic rings. The molecule has 12 heavy (non-hydrogen) atoms. The third-order valence-corrected chi connectivity index (χ3v) is 1.43. The van der Waals surface area contributed by atoms with Gasteiger partial charge in [0, 0.05) is 6.20 Å². The zero-order valence-electron chi connectivity index (χ0n) is 5.78. The van der Waals surface area contributed by atoms with Crippen LogP contribution in [-0.4, -0.2) is 16.1 Å². The highest BCUT2D eigenvalue weighted by molar-refractivity contribution is 6.29. The third-order valence-electron chi connectivity index (χ3n) is 1.22. The summed E-state index contributed by atoms with van der Waals surface area (Å²) in [4.78, 5) is 14.1. The Hall–Kier alpha value is -1.60. The van der Waals surface area contributed by atoms with Crippen LogP contribution in [0.5, 0.6) is 0 Å². The van der Waals surface area contributed by atoms with Crippen molar-refractivity contribution in [2.75, 3.05) is 0 Å². The number of nitriles is 1. The summed E-state index contributed by atoms with van der Waals surface area (Å²) in [5, 5.41) is 17.1. The molecule has 0 atom stereocenters. The van der Waals surface area contributed by atoms with Gasteiger partial charge in [0.15, 0.2) is 0 Å². The van der Waals surface area contributed by atoms with E-state index in [0.29, 0.717) is 0 Å². The summed E-state index contributed by atoms with van der Waals surface area (Å²) in [6.45, 7) is 0. The van der Waals surface area contributed by atoms with Gasteiger partial charge in [0.25, 0.3) is 0 Å². The number of carbonyl (C=O) groups is 1. The second-order valence-electron chi connectivity index (χ2n) is 1.97. The van der Waals surface area contributed by atoms with Crippen LogP contribution >= 0.6 is 11.6 Å². The second-order valence-corrected chi connectivity index (χ2v) is 2.36. The van der Waals surface area contributed by atoms with Gasteiger partial charge in [0.1, 0.15) is 11.2 Å². The van der Waals surface area contributed by atoms with E-state index in [1.54, 1.807) is 6.07 Å². The fraction of sp³-hybridized carbons (Fsp3) is 0. The quantitative estimate of drug-likeness (QED) is 0.665. The van der Waals surface area contributed by atoms with Gasteiger partial charge in [-0.2, -0.15) is 5.26 Å². The van der Waals surface area contributed by atoms with E-state index in [-0.39, 0.29) is 16.3 Å². The Labute approximate surface area is 73.0 Å². The predicted molar refractivity (Wildman–Crippen MR) is 40.9 cm³/mol. The molecule has 4 nitrogen and oxygen atoms in total. The van der Waals surface area contributed by atoms with Crippen LogP contribution in [0.2, 0.25) is 5.15 Å². The van der Waals surface area contributed by atoms with Crippen LogP contribution in [-0.2, 0) is 0 Å². The molecule has 0 fully saturated rings. The topological polar surface area (TPSA) is 74.0 Å². The van der Waals surface area contributed by atoms with Gasteiger partial charge in [0.05, 0.1) is 11.1 Å². The first-order chi connectivity index (χ1) is 5.65. The van der Waals surface area contributed by atoms with Crippen molar-refractivity contribution >= 4 is 17.6 Å². The fourth-order valence-corrected chi connectivity index (χ4v) is 0.854. The summed E-state index contributed by atoms with van der Waals surface area (Å²) in [5.41, 5.74) is -0.121. The first-order valence-electron chi connectivity index (χ1n) is 2.94. The van der Waals surface area contributed by atoms with E-state index in [0.717, 1.165) is 12.3 Å². The highest BCUT2D eigenvalue weighted by atomic mass is 35.5. The van der Waals surface area contributed by atoms with Gasteiger partial charge >= 0.3 is 5.97 Å². The van der Waals surface area contributed by atoms with Gasteiger partial charge in [-0.05, 0) is 6.07 Å². The highest BCUT2D eigenvalue weighted by Crippen LogP contribution is 2.11. The van der Waals surface area contributed by atoms with Gasteiger partial charge in [0.2, 0.25) is 0 Å². The lowest BCUT2D eigenvalue weighted by Crippen LogP contribution is -2.00. The molecule has 0 amide bonds. The minimum absolute atomic E-state index is 0.00639. The van der Waals surface area contributed by atoms with Crippen LogP contribution in [0.3, 0.4) is 0 Å². The van der Waals surface area contributed by atoms with Crippen molar-refractivity contribution in [1.29, 1.82) is 5.26 Å². The maximum absolute atomic E-state index is 10.5. The van der Waals surface area contributed by atoms with Gasteiger partial charge in [-0.1, -0.05) is 11.6 Å². The van der Waals surface area contributed by atoms with Crippen LogP contribution in [0.25, 0.3) is 0 Å². The SMILES string of the molecule is N#Cc1cnc(Cl)cc1C(=O)O. The molecule has 0 aromatic carbocycles. The number of pyridine rings is 1. The lowest BCUT2D eigenvalue weighted by atomic mass is 10.1. The zero-order valence-corrected chi connectivity index (χ0v) is 6.54. The van der Waals surface area contributed by atoms with Crippen LogP contribution in [0.1, 0.15) is 15.9 Å². The highest BCUT2D eigenvalue weighted by Gasteiger charge is 2.10. The summed E-state index contributed by atoms with van der Waals surface area (Å²) in [6, 6.07) is 2.84. The summed E-state index contributed by atoms with van der Waals surface area (Å²) in [6.07, 6.45) is 1.13. The predicted octanol–water partition coefficient (Wildman–Crippen LogP) is 1.30. The molecular weight excluding hydrogens is 180 g/mol. The molecule has 1 heterocycles. The van der Waals surface area contributed by atoms with Crippen molar-refractivity contribution in [3.05, 3.63) is 28.5 Å². The molecule has 1 N–H and O–H groups in total. The number of aromatic carboxylic acids is 1. The standard InChI is InChI=1S/C7H3ClN2O2/c8-6-1-5(7(11)12)4(2-9)3-10-6/h1,3H,(H,11,12). The molecular formula is C7H3ClN2O2. The molecule has 0 saturated carbocycles. The van der Waals surface area contributed by atoms with Crippen molar-refractivity contribution < 1.29 is 9.90 Å². The Morgan fingerprint density at radius 1 is 1.75 bits per heavy atom. The number of rotatable bonds is 1. The van der Waals surface area contributed by atoms with E-state index >= 15 is 0 Å². The Kier molecular flexibility index (Phi) is 2.26. The molecule has 60 valence electrons. The Morgan fingerprint density at radius 2 is 2.42 bits per heavy atom. The van der Waals surface area contributed by atoms with Crippen molar-refractivity contribution in [3.8, 4) is 6.07 Å². The number of carboxylic acids is 1. The van der Waals surface area contributed by atoms with E-state index < -0.39 is 5.97 Å². The second kappa shape index (κ2) is 3.20. The molecule has 0 spiro atoms. The zero-order chi connectivity index (χ0) is 9.14. The number of carboxylic acid groups (broad SMARTS) is 1. The molecule has 1 aromatic heterocycles.